The van der Waals surface area contributed by atoms with Crippen LogP contribution in [0.1, 0.15) is 41.3 Å². The molecule has 1 fully saturated rings. The second-order valence-corrected chi connectivity index (χ2v) is 8.05. The van der Waals surface area contributed by atoms with Gasteiger partial charge in [0.05, 0.1) is 12.2 Å². The summed E-state index contributed by atoms with van der Waals surface area (Å²) in [4.78, 5) is 20.4. The fourth-order valence-corrected chi connectivity index (χ4v) is 5.04. The molecule has 0 bridgehead atoms. The van der Waals surface area contributed by atoms with Crippen LogP contribution >= 0.6 is 34.5 Å². The molecule has 1 amide bonds. The highest BCUT2D eigenvalue weighted by Gasteiger charge is 2.30. The van der Waals surface area contributed by atoms with E-state index < -0.39 is 0 Å². The summed E-state index contributed by atoms with van der Waals surface area (Å²) in [5, 5.41) is 5.27. The Kier molecular flexibility index (Phi) is 4.41. The Morgan fingerprint density at radius 1 is 1.25 bits per heavy atom. The van der Waals surface area contributed by atoms with E-state index in [0.717, 1.165) is 34.4 Å². The fourth-order valence-electron chi connectivity index (χ4n) is 3.36. The molecule has 1 unspecified atom stereocenters. The number of aromatic nitrogens is 1. The molecule has 4 rings (SSSR count). The van der Waals surface area contributed by atoms with Gasteiger partial charge in [0.15, 0.2) is 5.13 Å². The van der Waals surface area contributed by atoms with Crippen LogP contribution in [0.15, 0.2) is 18.2 Å². The van der Waals surface area contributed by atoms with Gasteiger partial charge in [0.1, 0.15) is 0 Å². The van der Waals surface area contributed by atoms with E-state index in [-0.39, 0.29) is 11.8 Å². The van der Waals surface area contributed by atoms with E-state index in [1.165, 1.54) is 12.8 Å². The number of hydrogen-bond donors (Lipinski definition) is 1. The van der Waals surface area contributed by atoms with Gasteiger partial charge in [0.2, 0.25) is 5.91 Å². The van der Waals surface area contributed by atoms with E-state index in [4.69, 9.17) is 28.2 Å². The van der Waals surface area contributed by atoms with Crippen molar-refractivity contribution in [3.63, 3.8) is 0 Å². The van der Waals surface area contributed by atoms with Crippen LogP contribution in [-0.2, 0) is 11.3 Å². The molecule has 0 radical (unpaired) electrons. The molecule has 4 nitrogen and oxygen atoms in total. The molecule has 0 spiro atoms. The van der Waals surface area contributed by atoms with Crippen molar-refractivity contribution < 1.29 is 4.79 Å². The van der Waals surface area contributed by atoms with E-state index in [9.17, 15) is 4.79 Å². The van der Waals surface area contributed by atoms with E-state index >= 15 is 0 Å². The van der Waals surface area contributed by atoms with Gasteiger partial charge in [-0.25, -0.2) is 4.98 Å². The summed E-state index contributed by atoms with van der Waals surface area (Å²) in [5.41, 5.74) is 1.85. The monoisotopic (exact) mass is 381 g/mol. The van der Waals surface area contributed by atoms with Crippen LogP contribution in [0, 0.1) is 0 Å². The average molecular weight is 382 g/mol. The van der Waals surface area contributed by atoms with E-state index in [1.807, 2.05) is 6.07 Å². The van der Waals surface area contributed by atoms with Crippen molar-refractivity contribution in [2.24, 2.45) is 0 Å². The van der Waals surface area contributed by atoms with Crippen LogP contribution in [0.25, 0.3) is 0 Å². The van der Waals surface area contributed by atoms with Crippen molar-refractivity contribution in [1.82, 2.24) is 10.3 Å². The number of rotatable bonds is 2. The van der Waals surface area contributed by atoms with Crippen molar-refractivity contribution >= 4 is 45.6 Å². The zero-order valence-electron chi connectivity index (χ0n) is 13.0. The predicted octanol–water partition coefficient (Wildman–Crippen LogP) is 4.20. The summed E-state index contributed by atoms with van der Waals surface area (Å²) < 4.78 is 0. The number of carbonyl (C=O) groups excluding carboxylic acids is 1. The predicted molar refractivity (Wildman–Crippen MR) is 98.3 cm³/mol. The number of halogens is 2. The number of hydrogen-bond acceptors (Lipinski definition) is 4. The van der Waals surface area contributed by atoms with Gasteiger partial charge >= 0.3 is 0 Å². The first-order chi connectivity index (χ1) is 11.6. The summed E-state index contributed by atoms with van der Waals surface area (Å²) in [7, 11) is 0. The van der Waals surface area contributed by atoms with Gasteiger partial charge in [-0.3, -0.25) is 4.79 Å². The van der Waals surface area contributed by atoms with Gasteiger partial charge in [-0.1, -0.05) is 23.2 Å². The molecule has 2 aliphatic heterocycles. The number of anilines is 1. The molecule has 1 aromatic carbocycles. The normalized spacial score (nSPS) is 20.7. The molecule has 2 aromatic rings. The number of carbonyl (C=O) groups is 1. The largest absolute Gasteiger partial charge is 0.350 e. The minimum Gasteiger partial charge on any atom is -0.350 e. The van der Waals surface area contributed by atoms with Crippen LogP contribution in [0.4, 0.5) is 5.13 Å². The molecule has 1 atom stereocenters. The molecule has 0 saturated carbocycles. The Bertz CT molecular complexity index is 786. The van der Waals surface area contributed by atoms with Gasteiger partial charge in [-0.2, -0.15) is 0 Å². The topological polar surface area (TPSA) is 45.2 Å². The Morgan fingerprint density at radius 2 is 2.04 bits per heavy atom. The first-order valence-corrected chi connectivity index (χ1v) is 9.65. The van der Waals surface area contributed by atoms with Crippen LogP contribution in [0.3, 0.4) is 0 Å². The summed E-state index contributed by atoms with van der Waals surface area (Å²) in [6.07, 6.45) is 2.80. The van der Waals surface area contributed by atoms with E-state index in [2.05, 4.69) is 10.2 Å². The molecular weight excluding hydrogens is 365 g/mol. The Labute approximate surface area is 154 Å². The Morgan fingerprint density at radius 3 is 2.83 bits per heavy atom. The molecule has 24 heavy (non-hydrogen) atoms. The van der Waals surface area contributed by atoms with Gasteiger partial charge in [-0.15, -0.1) is 11.3 Å². The number of benzene rings is 1. The molecule has 1 aromatic heterocycles. The summed E-state index contributed by atoms with van der Waals surface area (Å²) in [6, 6.07) is 5.43. The van der Waals surface area contributed by atoms with Crippen LogP contribution in [0.2, 0.25) is 10.0 Å². The number of fused-ring (bicyclic) bond motifs is 1. The lowest BCUT2D eigenvalue weighted by atomic mass is 9.93. The summed E-state index contributed by atoms with van der Waals surface area (Å²) in [6.45, 7) is 2.59. The third-order valence-electron chi connectivity index (χ3n) is 4.59. The van der Waals surface area contributed by atoms with Crippen LogP contribution < -0.4 is 10.2 Å². The zero-order valence-corrected chi connectivity index (χ0v) is 15.3. The summed E-state index contributed by atoms with van der Waals surface area (Å²) >= 11 is 14.3. The number of thiazole rings is 1. The van der Waals surface area contributed by atoms with Gasteiger partial charge in [-0.05, 0) is 36.6 Å². The lowest BCUT2D eigenvalue weighted by Crippen LogP contribution is -2.22. The highest BCUT2D eigenvalue weighted by molar-refractivity contribution is 7.15. The van der Waals surface area contributed by atoms with Crippen LogP contribution in [-0.4, -0.2) is 24.0 Å². The van der Waals surface area contributed by atoms with Crippen molar-refractivity contribution in [3.8, 4) is 0 Å². The lowest BCUT2D eigenvalue weighted by Gasteiger charge is -2.16. The third-order valence-corrected chi connectivity index (χ3v) is 6.44. The minimum atomic E-state index is -0.0949. The fraction of sp³-hybridized carbons (Fsp3) is 0.412. The molecule has 2 aliphatic rings. The SMILES string of the molecule is O=C1CC(c2cc(Cl)ccc2Cl)c2sc(N3CCCC3)nc2CN1. The highest BCUT2D eigenvalue weighted by Crippen LogP contribution is 2.42. The molecule has 3 heterocycles. The molecule has 126 valence electrons. The van der Waals surface area contributed by atoms with Crippen molar-refractivity contribution in [3.05, 3.63) is 44.4 Å². The van der Waals surface area contributed by atoms with Gasteiger partial charge in [0, 0.05) is 40.4 Å². The maximum absolute atomic E-state index is 12.1. The number of amides is 1. The quantitative estimate of drug-likeness (QED) is 0.847. The number of nitrogens with zero attached hydrogens (tertiary/aromatic N) is 2. The average Bonchev–Trinajstić information content (AvgIpc) is 3.20. The molecule has 1 N–H and O–H groups in total. The first-order valence-electron chi connectivity index (χ1n) is 8.08. The second kappa shape index (κ2) is 6.54. The van der Waals surface area contributed by atoms with Crippen molar-refractivity contribution in [1.29, 1.82) is 0 Å². The molecule has 1 saturated heterocycles. The highest BCUT2D eigenvalue weighted by atomic mass is 35.5. The minimum absolute atomic E-state index is 0.0176. The summed E-state index contributed by atoms with van der Waals surface area (Å²) in [5.74, 6) is -0.0773. The molecule has 0 aliphatic carbocycles. The number of nitrogens with one attached hydrogen (secondary N) is 1. The van der Waals surface area contributed by atoms with Crippen molar-refractivity contribution in [2.75, 3.05) is 18.0 Å². The molecule has 7 heteroatoms. The standard InChI is InChI=1S/C17H17Cl2N3OS/c18-10-3-4-13(19)11(7-10)12-8-15(23)20-9-14-16(12)24-17(21-14)22-5-1-2-6-22/h3-4,7,12H,1-2,5-6,8-9H2,(H,20,23). The van der Waals surface area contributed by atoms with Gasteiger partial charge < -0.3 is 10.2 Å². The Balaban J connectivity index is 1.78. The van der Waals surface area contributed by atoms with E-state index in [0.29, 0.717) is 23.0 Å². The smallest absolute Gasteiger partial charge is 0.221 e. The second-order valence-electron chi connectivity index (χ2n) is 6.20. The maximum atomic E-state index is 12.1. The molecular formula is C17H17Cl2N3OS. The van der Waals surface area contributed by atoms with Crippen molar-refractivity contribution in [2.45, 2.75) is 31.7 Å². The Hall–Kier alpha value is -1.30. The lowest BCUT2D eigenvalue weighted by molar-refractivity contribution is -0.121. The third kappa shape index (κ3) is 3.01. The first kappa shape index (κ1) is 16.2. The maximum Gasteiger partial charge on any atom is 0.221 e. The van der Waals surface area contributed by atoms with E-state index in [1.54, 1.807) is 23.5 Å². The van der Waals surface area contributed by atoms with Gasteiger partial charge in [0.25, 0.3) is 0 Å². The van der Waals surface area contributed by atoms with Crippen LogP contribution in [0.5, 0.6) is 0 Å². The zero-order chi connectivity index (χ0) is 16.7.